The number of hydrogen-bond donors (Lipinski definition) is 3. The zero-order valence-electron chi connectivity index (χ0n) is 5.38. The number of nitrogen functional groups attached to an aromatic ring is 1. The Morgan fingerprint density at radius 3 is 2.80 bits per heavy atom. The highest BCUT2D eigenvalue weighted by Crippen LogP contribution is 1.84. The first-order valence-electron chi connectivity index (χ1n) is 2.64. The van der Waals surface area contributed by atoms with Gasteiger partial charge in [-0.15, -0.1) is 10.2 Å². The van der Waals surface area contributed by atoms with E-state index in [-0.39, 0.29) is 11.5 Å². The van der Waals surface area contributed by atoms with Gasteiger partial charge in [0.05, 0.1) is 0 Å². The molecule has 0 amide bonds. The van der Waals surface area contributed by atoms with E-state index in [1.165, 1.54) is 0 Å². The number of hydrazine groups is 1. The van der Waals surface area contributed by atoms with E-state index < -0.39 is 0 Å². The van der Waals surface area contributed by atoms with E-state index in [0.29, 0.717) is 5.69 Å². The number of nitrogens with zero attached hydrogens (tertiary/aromatic N) is 2. The van der Waals surface area contributed by atoms with Crippen molar-refractivity contribution >= 4 is 5.95 Å². The van der Waals surface area contributed by atoms with E-state index in [2.05, 4.69) is 20.6 Å². The fourth-order valence-corrected chi connectivity index (χ4v) is 0.458. The Labute approximate surface area is 56.4 Å². The second kappa shape index (κ2) is 2.44. The van der Waals surface area contributed by atoms with Crippen LogP contribution in [0, 0.1) is 6.92 Å². The molecule has 1 aromatic rings. The van der Waals surface area contributed by atoms with Crippen LogP contribution in [0.1, 0.15) is 5.69 Å². The SMILES string of the molecule is Cc1nnc(NN)[nH]c1=O. The Hall–Kier alpha value is -1.43. The molecule has 6 heteroatoms. The summed E-state index contributed by atoms with van der Waals surface area (Å²) in [6.45, 7) is 1.56. The van der Waals surface area contributed by atoms with Crippen molar-refractivity contribution in [1.29, 1.82) is 0 Å². The lowest BCUT2D eigenvalue weighted by Gasteiger charge is -1.94. The van der Waals surface area contributed by atoms with Gasteiger partial charge in [-0.1, -0.05) is 0 Å². The van der Waals surface area contributed by atoms with Gasteiger partial charge in [-0.25, -0.2) is 5.84 Å². The minimum absolute atomic E-state index is 0.163. The highest BCUT2D eigenvalue weighted by molar-refractivity contribution is 5.17. The fourth-order valence-electron chi connectivity index (χ4n) is 0.458. The maximum Gasteiger partial charge on any atom is 0.274 e. The fraction of sp³-hybridized carbons (Fsp3) is 0.250. The summed E-state index contributed by atoms with van der Waals surface area (Å²) in [6, 6.07) is 0. The van der Waals surface area contributed by atoms with Crippen LogP contribution in [0.15, 0.2) is 4.79 Å². The van der Waals surface area contributed by atoms with Crippen LogP contribution in [0.2, 0.25) is 0 Å². The van der Waals surface area contributed by atoms with Crippen molar-refractivity contribution in [2.75, 3.05) is 5.43 Å². The summed E-state index contributed by atoms with van der Waals surface area (Å²) in [5.41, 5.74) is 2.20. The van der Waals surface area contributed by atoms with E-state index in [4.69, 9.17) is 5.84 Å². The zero-order chi connectivity index (χ0) is 7.56. The molecule has 0 unspecified atom stereocenters. The van der Waals surface area contributed by atoms with Crippen molar-refractivity contribution < 1.29 is 0 Å². The predicted octanol–water partition coefficient (Wildman–Crippen LogP) is -1.24. The van der Waals surface area contributed by atoms with Crippen LogP contribution in [-0.4, -0.2) is 15.2 Å². The molecule has 0 aromatic carbocycles. The Bertz CT molecular complexity index is 279. The largest absolute Gasteiger partial charge is 0.293 e. The average molecular weight is 141 g/mol. The number of aryl methyl sites for hydroxylation is 1. The van der Waals surface area contributed by atoms with Crippen LogP contribution in [0.25, 0.3) is 0 Å². The summed E-state index contributed by atoms with van der Waals surface area (Å²) in [5.74, 6) is 5.11. The van der Waals surface area contributed by atoms with Gasteiger partial charge < -0.3 is 0 Å². The number of anilines is 1. The van der Waals surface area contributed by atoms with Crippen LogP contribution in [0.4, 0.5) is 5.95 Å². The molecule has 10 heavy (non-hydrogen) atoms. The van der Waals surface area contributed by atoms with Gasteiger partial charge in [-0.3, -0.25) is 15.2 Å². The summed E-state index contributed by atoms with van der Waals surface area (Å²) in [7, 11) is 0. The van der Waals surface area contributed by atoms with Gasteiger partial charge in [0, 0.05) is 0 Å². The lowest BCUT2D eigenvalue weighted by atomic mass is 10.5. The second-order valence-corrected chi connectivity index (χ2v) is 1.73. The van der Waals surface area contributed by atoms with Gasteiger partial charge in [0.25, 0.3) is 5.56 Å². The average Bonchev–Trinajstić information content (AvgIpc) is 1.95. The molecule has 1 rings (SSSR count). The maximum atomic E-state index is 10.7. The van der Waals surface area contributed by atoms with Crippen molar-refractivity contribution in [2.24, 2.45) is 5.84 Å². The first-order valence-corrected chi connectivity index (χ1v) is 2.64. The molecule has 0 radical (unpaired) electrons. The lowest BCUT2D eigenvalue weighted by molar-refractivity contribution is 0.897. The van der Waals surface area contributed by atoms with Crippen molar-refractivity contribution in [3.63, 3.8) is 0 Å². The van der Waals surface area contributed by atoms with Crippen molar-refractivity contribution in [1.82, 2.24) is 15.2 Å². The molecule has 54 valence electrons. The topological polar surface area (TPSA) is 96.7 Å². The molecule has 1 aromatic heterocycles. The number of nitrogens with two attached hydrogens (primary N) is 1. The molecule has 0 aliphatic heterocycles. The quantitative estimate of drug-likeness (QED) is 0.335. The molecule has 0 spiro atoms. The molecule has 0 fully saturated rings. The smallest absolute Gasteiger partial charge is 0.274 e. The molecule has 0 aliphatic rings. The van der Waals surface area contributed by atoms with Crippen molar-refractivity contribution in [3.05, 3.63) is 16.0 Å². The number of nitrogens with one attached hydrogen (secondary N) is 2. The minimum atomic E-state index is -0.289. The molecule has 4 N–H and O–H groups in total. The Morgan fingerprint density at radius 1 is 1.60 bits per heavy atom. The van der Waals surface area contributed by atoms with Crippen LogP contribution >= 0.6 is 0 Å². The third kappa shape index (κ3) is 1.11. The molecule has 0 atom stereocenters. The number of H-pyrrole nitrogens is 1. The molecular weight excluding hydrogens is 134 g/mol. The third-order valence-corrected chi connectivity index (χ3v) is 0.997. The Morgan fingerprint density at radius 2 is 2.30 bits per heavy atom. The summed E-state index contributed by atoms with van der Waals surface area (Å²) in [4.78, 5) is 13.1. The molecule has 0 saturated heterocycles. The Balaban J connectivity index is 3.17. The summed E-state index contributed by atoms with van der Waals surface area (Å²) >= 11 is 0. The van der Waals surface area contributed by atoms with Gasteiger partial charge in [0.1, 0.15) is 5.69 Å². The molecule has 6 nitrogen and oxygen atoms in total. The Kier molecular flexibility index (Phi) is 1.63. The van der Waals surface area contributed by atoms with Crippen LogP contribution < -0.4 is 16.8 Å². The van der Waals surface area contributed by atoms with Crippen LogP contribution in [0.5, 0.6) is 0 Å². The van der Waals surface area contributed by atoms with E-state index in [1.54, 1.807) is 6.92 Å². The molecule has 1 heterocycles. The van der Waals surface area contributed by atoms with Gasteiger partial charge in [0.2, 0.25) is 5.95 Å². The highest BCUT2D eigenvalue weighted by Gasteiger charge is 1.95. The van der Waals surface area contributed by atoms with Gasteiger partial charge in [-0.2, -0.15) is 0 Å². The van der Waals surface area contributed by atoms with Gasteiger partial charge in [0.15, 0.2) is 0 Å². The normalized spacial score (nSPS) is 9.40. The van der Waals surface area contributed by atoms with Gasteiger partial charge in [-0.05, 0) is 6.92 Å². The zero-order valence-corrected chi connectivity index (χ0v) is 5.38. The number of rotatable bonds is 1. The summed E-state index contributed by atoms with van der Waals surface area (Å²) in [6.07, 6.45) is 0. The van der Waals surface area contributed by atoms with Crippen LogP contribution in [0.3, 0.4) is 0 Å². The molecule has 0 saturated carbocycles. The first kappa shape index (κ1) is 6.69. The maximum absolute atomic E-state index is 10.7. The first-order chi connectivity index (χ1) is 4.74. The van der Waals surface area contributed by atoms with Gasteiger partial charge >= 0.3 is 0 Å². The summed E-state index contributed by atoms with van der Waals surface area (Å²) in [5, 5.41) is 7.03. The predicted molar refractivity (Wildman–Crippen MR) is 35.2 cm³/mol. The molecular formula is C4H7N5O. The van der Waals surface area contributed by atoms with Crippen molar-refractivity contribution in [3.8, 4) is 0 Å². The highest BCUT2D eigenvalue weighted by atomic mass is 16.1. The number of aromatic nitrogens is 3. The standard InChI is InChI=1S/C4H7N5O/c1-2-3(10)6-4(7-5)9-8-2/h5H2,1H3,(H2,6,7,9,10). The third-order valence-electron chi connectivity index (χ3n) is 0.997. The molecule has 0 bridgehead atoms. The second-order valence-electron chi connectivity index (χ2n) is 1.73. The van der Waals surface area contributed by atoms with E-state index in [9.17, 15) is 4.79 Å². The number of hydrogen-bond acceptors (Lipinski definition) is 5. The van der Waals surface area contributed by atoms with E-state index in [1.807, 2.05) is 0 Å². The van der Waals surface area contributed by atoms with E-state index >= 15 is 0 Å². The van der Waals surface area contributed by atoms with Crippen molar-refractivity contribution in [2.45, 2.75) is 6.92 Å². The number of aromatic amines is 1. The monoisotopic (exact) mass is 141 g/mol. The summed E-state index contributed by atoms with van der Waals surface area (Å²) < 4.78 is 0. The lowest BCUT2D eigenvalue weighted by Crippen LogP contribution is -2.19. The molecule has 0 aliphatic carbocycles. The van der Waals surface area contributed by atoms with Crippen LogP contribution in [-0.2, 0) is 0 Å². The van der Waals surface area contributed by atoms with E-state index in [0.717, 1.165) is 0 Å². The minimum Gasteiger partial charge on any atom is -0.293 e.